The molecule has 0 spiro atoms. The van der Waals surface area contributed by atoms with Crippen LogP contribution in [0.4, 0.5) is 5.69 Å². The monoisotopic (exact) mass is 252 g/mol. The molecule has 0 radical (unpaired) electrons. The highest BCUT2D eigenvalue weighted by molar-refractivity contribution is 5.81. The molecule has 3 aromatic rings. The summed E-state index contributed by atoms with van der Waals surface area (Å²) in [5, 5.41) is 0. The van der Waals surface area contributed by atoms with Gasteiger partial charge in [0.2, 0.25) is 0 Å². The van der Waals surface area contributed by atoms with E-state index >= 15 is 0 Å². The van der Waals surface area contributed by atoms with Gasteiger partial charge < -0.3 is 10.7 Å². The average molecular weight is 252 g/mol. The molecule has 1 aromatic carbocycles. The summed E-state index contributed by atoms with van der Waals surface area (Å²) in [6, 6.07) is 8.08. The van der Waals surface area contributed by atoms with Gasteiger partial charge in [-0.25, -0.2) is 9.97 Å². The Morgan fingerprint density at radius 1 is 1.05 bits per heavy atom. The first kappa shape index (κ1) is 11.7. The Labute approximate surface area is 111 Å². The molecule has 0 bridgehead atoms. The number of imidazole rings is 1. The summed E-state index contributed by atoms with van der Waals surface area (Å²) in [7, 11) is 0. The second-order valence-corrected chi connectivity index (χ2v) is 4.95. The largest absolute Gasteiger partial charge is 0.398 e. The number of aromatic nitrogens is 3. The van der Waals surface area contributed by atoms with E-state index in [2.05, 4.69) is 27.9 Å². The summed E-state index contributed by atoms with van der Waals surface area (Å²) in [6.45, 7) is 6.02. The molecule has 0 aliphatic carbocycles. The lowest BCUT2D eigenvalue weighted by atomic mass is 10.0. The zero-order chi connectivity index (χ0) is 13.6. The molecule has 0 unspecified atom stereocenters. The number of pyridine rings is 1. The van der Waals surface area contributed by atoms with E-state index in [0.717, 1.165) is 39.5 Å². The van der Waals surface area contributed by atoms with E-state index < -0.39 is 0 Å². The number of nitrogens with two attached hydrogens (primary N) is 1. The molecule has 0 saturated carbocycles. The first-order chi connectivity index (χ1) is 9.04. The van der Waals surface area contributed by atoms with E-state index in [1.54, 1.807) is 0 Å². The standard InChI is InChI=1S/C15H16N4/c1-8-6-9(2)13(16)11(7-8)14-18-12-5-4-10(3)17-15(12)19-14/h4-7H,16H2,1-3H3,(H,17,18,19). The third-order valence-electron chi connectivity index (χ3n) is 3.27. The molecular weight excluding hydrogens is 236 g/mol. The van der Waals surface area contributed by atoms with Crippen molar-refractivity contribution in [2.45, 2.75) is 20.8 Å². The number of nitrogens with one attached hydrogen (secondary N) is 1. The molecule has 0 aliphatic heterocycles. The maximum absolute atomic E-state index is 6.15. The summed E-state index contributed by atoms with van der Waals surface area (Å²) < 4.78 is 0. The predicted octanol–water partition coefficient (Wildman–Crippen LogP) is 3.13. The van der Waals surface area contributed by atoms with E-state index in [1.807, 2.05) is 32.0 Å². The van der Waals surface area contributed by atoms with Crippen LogP contribution in [0, 0.1) is 20.8 Å². The Hall–Kier alpha value is -2.36. The topological polar surface area (TPSA) is 67.6 Å². The predicted molar refractivity (Wildman–Crippen MR) is 77.9 cm³/mol. The fourth-order valence-electron chi connectivity index (χ4n) is 2.29. The second kappa shape index (κ2) is 4.09. The van der Waals surface area contributed by atoms with Gasteiger partial charge in [0.15, 0.2) is 5.65 Å². The van der Waals surface area contributed by atoms with E-state index in [1.165, 1.54) is 5.56 Å². The Balaban J connectivity index is 2.24. The number of rotatable bonds is 1. The van der Waals surface area contributed by atoms with Gasteiger partial charge in [-0.3, -0.25) is 0 Å². The molecule has 96 valence electrons. The molecular formula is C15H16N4. The molecule has 19 heavy (non-hydrogen) atoms. The molecule has 3 N–H and O–H groups in total. The van der Waals surface area contributed by atoms with Gasteiger partial charge in [0.1, 0.15) is 5.82 Å². The highest BCUT2D eigenvalue weighted by Gasteiger charge is 2.11. The third-order valence-corrected chi connectivity index (χ3v) is 3.27. The Kier molecular flexibility index (Phi) is 2.52. The molecule has 0 atom stereocenters. The van der Waals surface area contributed by atoms with Gasteiger partial charge in [-0.1, -0.05) is 6.07 Å². The molecule has 0 fully saturated rings. The van der Waals surface area contributed by atoms with Crippen molar-refractivity contribution < 1.29 is 0 Å². The van der Waals surface area contributed by atoms with Crippen molar-refractivity contribution in [1.29, 1.82) is 0 Å². The SMILES string of the molecule is Cc1cc(C)c(N)c(-c2nc3nc(C)ccc3[nH]2)c1. The minimum absolute atomic E-state index is 0.730. The first-order valence-corrected chi connectivity index (χ1v) is 6.25. The van der Waals surface area contributed by atoms with Crippen LogP contribution in [0.15, 0.2) is 24.3 Å². The van der Waals surface area contributed by atoms with Crippen molar-refractivity contribution in [2.75, 3.05) is 5.73 Å². The zero-order valence-electron chi connectivity index (χ0n) is 11.3. The summed E-state index contributed by atoms with van der Waals surface area (Å²) in [5.41, 5.74) is 12.7. The van der Waals surface area contributed by atoms with Crippen LogP contribution in [0.2, 0.25) is 0 Å². The van der Waals surface area contributed by atoms with Crippen LogP contribution in [0.5, 0.6) is 0 Å². The normalized spacial score (nSPS) is 11.1. The number of nitrogens with zero attached hydrogens (tertiary/aromatic N) is 2. The van der Waals surface area contributed by atoms with Crippen LogP contribution < -0.4 is 5.73 Å². The second-order valence-electron chi connectivity index (χ2n) is 4.95. The third kappa shape index (κ3) is 1.95. The molecule has 0 aliphatic rings. The Morgan fingerprint density at radius 3 is 2.63 bits per heavy atom. The molecule has 0 saturated heterocycles. The number of hydrogen-bond acceptors (Lipinski definition) is 3. The summed E-state index contributed by atoms with van der Waals surface area (Å²) >= 11 is 0. The van der Waals surface area contributed by atoms with Crippen LogP contribution in [-0.4, -0.2) is 15.0 Å². The van der Waals surface area contributed by atoms with Crippen LogP contribution >= 0.6 is 0 Å². The number of benzene rings is 1. The maximum Gasteiger partial charge on any atom is 0.178 e. The number of nitrogen functional groups attached to an aromatic ring is 1. The lowest BCUT2D eigenvalue weighted by molar-refractivity contribution is 1.22. The smallest absolute Gasteiger partial charge is 0.178 e. The van der Waals surface area contributed by atoms with Gasteiger partial charge in [0, 0.05) is 16.9 Å². The highest BCUT2D eigenvalue weighted by atomic mass is 15.0. The first-order valence-electron chi connectivity index (χ1n) is 6.25. The molecule has 2 heterocycles. The van der Waals surface area contributed by atoms with Gasteiger partial charge in [-0.2, -0.15) is 0 Å². The van der Waals surface area contributed by atoms with Crippen LogP contribution in [0.1, 0.15) is 16.8 Å². The van der Waals surface area contributed by atoms with E-state index in [-0.39, 0.29) is 0 Å². The van der Waals surface area contributed by atoms with Crippen molar-refractivity contribution in [1.82, 2.24) is 15.0 Å². The van der Waals surface area contributed by atoms with Gasteiger partial charge >= 0.3 is 0 Å². The lowest BCUT2D eigenvalue weighted by Gasteiger charge is -2.07. The fraction of sp³-hybridized carbons (Fsp3) is 0.200. The number of H-pyrrole nitrogens is 1. The van der Waals surface area contributed by atoms with Crippen molar-refractivity contribution in [3.05, 3.63) is 41.1 Å². The van der Waals surface area contributed by atoms with Gasteiger partial charge in [0.25, 0.3) is 0 Å². The van der Waals surface area contributed by atoms with Gasteiger partial charge in [0.05, 0.1) is 5.52 Å². The Bertz CT molecular complexity index is 771. The van der Waals surface area contributed by atoms with Crippen LogP contribution in [0.25, 0.3) is 22.6 Å². The zero-order valence-corrected chi connectivity index (χ0v) is 11.3. The van der Waals surface area contributed by atoms with Crippen molar-refractivity contribution in [2.24, 2.45) is 0 Å². The van der Waals surface area contributed by atoms with Crippen LogP contribution in [0.3, 0.4) is 0 Å². The highest BCUT2D eigenvalue weighted by Crippen LogP contribution is 2.29. The van der Waals surface area contributed by atoms with Crippen molar-refractivity contribution in [3.63, 3.8) is 0 Å². The quantitative estimate of drug-likeness (QED) is 0.654. The number of anilines is 1. The van der Waals surface area contributed by atoms with Crippen LogP contribution in [-0.2, 0) is 0 Å². The minimum Gasteiger partial charge on any atom is -0.398 e. The maximum atomic E-state index is 6.15. The summed E-state index contributed by atoms with van der Waals surface area (Å²) in [5.74, 6) is 0.775. The average Bonchev–Trinajstić information content (AvgIpc) is 2.76. The summed E-state index contributed by atoms with van der Waals surface area (Å²) in [4.78, 5) is 12.2. The van der Waals surface area contributed by atoms with E-state index in [9.17, 15) is 0 Å². The molecule has 4 heteroatoms. The lowest BCUT2D eigenvalue weighted by Crippen LogP contribution is -1.96. The van der Waals surface area contributed by atoms with Gasteiger partial charge in [-0.05, 0) is 50.1 Å². The van der Waals surface area contributed by atoms with Crippen molar-refractivity contribution >= 4 is 16.9 Å². The molecule has 3 rings (SSSR count). The minimum atomic E-state index is 0.730. The Morgan fingerprint density at radius 2 is 1.84 bits per heavy atom. The van der Waals surface area contributed by atoms with E-state index in [4.69, 9.17) is 5.73 Å². The number of hydrogen-bond donors (Lipinski definition) is 2. The molecule has 4 nitrogen and oxygen atoms in total. The van der Waals surface area contributed by atoms with Crippen molar-refractivity contribution in [3.8, 4) is 11.4 Å². The molecule has 2 aromatic heterocycles. The summed E-state index contributed by atoms with van der Waals surface area (Å²) in [6.07, 6.45) is 0. The number of aryl methyl sites for hydroxylation is 3. The molecule has 0 amide bonds. The van der Waals surface area contributed by atoms with Gasteiger partial charge in [-0.15, -0.1) is 0 Å². The fourth-order valence-corrected chi connectivity index (χ4v) is 2.29. The number of aromatic amines is 1. The number of fused-ring (bicyclic) bond motifs is 1. The van der Waals surface area contributed by atoms with E-state index in [0.29, 0.717) is 0 Å².